The number of alkyl halides is 2. The molecule has 3 aromatic heterocycles. The summed E-state index contributed by atoms with van der Waals surface area (Å²) in [7, 11) is 1.49. The molecule has 1 aliphatic rings. The Hall–Kier alpha value is -4.46. The number of ether oxygens (including phenoxy) is 3. The Labute approximate surface area is 239 Å². The van der Waals surface area contributed by atoms with E-state index >= 15 is 0 Å². The molecule has 2 amide bonds. The first kappa shape index (κ1) is 29.0. The van der Waals surface area contributed by atoms with Gasteiger partial charge in [-0.3, -0.25) is 9.59 Å². The maximum atomic E-state index is 13.8. The standard InChI is InChI=1S/C28H32F2N6O6/c1-28(2,39)14-41-17-11-12-18-20(13-17)36(27(29)30)33-23(18)25(38)32-15-7-9-16(10-8-15)42-26-22(24(31)37)19-5-4-6-21(40-3)35(19)34-26/h4-6,11-13,15-16,27,39H,7-10,14H2,1-3H3,(H2,31,37)(H,32,38). The van der Waals surface area contributed by atoms with E-state index in [1.165, 1.54) is 23.8 Å². The SMILES string of the molecule is COc1cccc2c(C(N)=O)c(OC3CCC(NC(=O)c4nn(C(F)F)c5cc(OCC(C)(C)O)ccc45)CC3)nn12. The van der Waals surface area contributed by atoms with E-state index < -0.39 is 24.0 Å². The minimum absolute atomic E-state index is 0.0369. The summed E-state index contributed by atoms with van der Waals surface area (Å²) in [6.07, 6.45) is 1.89. The van der Waals surface area contributed by atoms with Crippen molar-refractivity contribution in [2.75, 3.05) is 13.7 Å². The normalized spacial score (nSPS) is 17.5. The number of benzene rings is 1. The first-order chi connectivity index (χ1) is 19.9. The largest absolute Gasteiger partial charge is 0.491 e. The lowest BCUT2D eigenvalue weighted by atomic mass is 9.92. The van der Waals surface area contributed by atoms with Crippen molar-refractivity contribution in [1.82, 2.24) is 24.7 Å². The molecule has 0 bridgehead atoms. The van der Waals surface area contributed by atoms with Gasteiger partial charge in [-0.05, 0) is 57.7 Å². The fourth-order valence-electron chi connectivity index (χ4n) is 5.01. The molecule has 5 rings (SSSR count). The van der Waals surface area contributed by atoms with E-state index in [0.29, 0.717) is 41.8 Å². The highest BCUT2D eigenvalue weighted by molar-refractivity contribution is 6.05. The number of aromatic nitrogens is 4. The predicted molar refractivity (Wildman–Crippen MR) is 147 cm³/mol. The second-order valence-corrected chi connectivity index (χ2v) is 10.8. The van der Waals surface area contributed by atoms with Gasteiger partial charge in [-0.2, -0.15) is 18.4 Å². The number of primary amides is 1. The van der Waals surface area contributed by atoms with Crippen molar-refractivity contribution in [1.29, 1.82) is 0 Å². The lowest BCUT2D eigenvalue weighted by Gasteiger charge is -2.28. The van der Waals surface area contributed by atoms with Crippen LogP contribution in [0.5, 0.6) is 17.5 Å². The van der Waals surface area contributed by atoms with Gasteiger partial charge in [0.1, 0.15) is 24.0 Å². The molecule has 224 valence electrons. The molecule has 1 saturated carbocycles. The van der Waals surface area contributed by atoms with Crippen LogP contribution in [0.1, 0.15) is 66.9 Å². The van der Waals surface area contributed by atoms with E-state index in [1.54, 1.807) is 38.1 Å². The number of carbonyl (C=O) groups is 2. The molecule has 1 aromatic carbocycles. The lowest BCUT2D eigenvalue weighted by molar-refractivity contribution is 0.0284. The van der Waals surface area contributed by atoms with Crippen LogP contribution in [0.25, 0.3) is 16.4 Å². The topological polar surface area (TPSA) is 155 Å². The third-order valence-corrected chi connectivity index (χ3v) is 7.00. The molecule has 3 heterocycles. The molecular weight excluding hydrogens is 554 g/mol. The molecule has 12 nitrogen and oxygen atoms in total. The van der Waals surface area contributed by atoms with Crippen LogP contribution in [0, 0.1) is 0 Å². The van der Waals surface area contributed by atoms with Crippen LogP contribution in [0.3, 0.4) is 0 Å². The zero-order valence-corrected chi connectivity index (χ0v) is 23.3. The molecule has 0 spiro atoms. The van der Waals surface area contributed by atoms with Crippen molar-refractivity contribution < 1.29 is 37.7 Å². The molecule has 1 aliphatic carbocycles. The predicted octanol–water partition coefficient (Wildman–Crippen LogP) is 3.46. The van der Waals surface area contributed by atoms with E-state index in [2.05, 4.69) is 15.5 Å². The molecule has 0 aliphatic heterocycles. The van der Waals surface area contributed by atoms with Gasteiger partial charge in [-0.1, -0.05) is 6.07 Å². The van der Waals surface area contributed by atoms with Gasteiger partial charge < -0.3 is 30.4 Å². The van der Waals surface area contributed by atoms with Crippen LogP contribution >= 0.6 is 0 Å². The number of nitrogens with two attached hydrogens (primary N) is 1. The Bertz CT molecular complexity index is 1620. The monoisotopic (exact) mass is 586 g/mol. The first-order valence-corrected chi connectivity index (χ1v) is 13.4. The van der Waals surface area contributed by atoms with Gasteiger partial charge in [0.15, 0.2) is 5.69 Å². The summed E-state index contributed by atoms with van der Waals surface area (Å²) in [5.41, 5.74) is 5.04. The van der Waals surface area contributed by atoms with E-state index in [-0.39, 0.29) is 52.5 Å². The second kappa shape index (κ2) is 11.4. The number of methoxy groups -OCH3 is 1. The van der Waals surface area contributed by atoms with Crippen molar-refractivity contribution in [2.45, 2.75) is 63.8 Å². The number of pyridine rings is 1. The van der Waals surface area contributed by atoms with Gasteiger partial charge in [-0.25, -0.2) is 4.68 Å². The van der Waals surface area contributed by atoms with E-state index in [0.717, 1.165) is 0 Å². The average molecular weight is 587 g/mol. The number of nitrogens with zero attached hydrogens (tertiary/aromatic N) is 4. The molecule has 0 saturated heterocycles. The van der Waals surface area contributed by atoms with Crippen LogP contribution in [-0.4, -0.2) is 67.8 Å². The summed E-state index contributed by atoms with van der Waals surface area (Å²) in [5.74, 6) is -0.469. The summed E-state index contributed by atoms with van der Waals surface area (Å²) < 4.78 is 46.4. The minimum atomic E-state index is -2.98. The molecule has 14 heteroatoms. The summed E-state index contributed by atoms with van der Waals surface area (Å²) in [6.45, 7) is 0.102. The number of halogens is 2. The van der Waals surface area contributed by atoms with Crippen molar-refractivity contribution in [3.05, 3.63) is 47.7 Å². The molecule has 42 heavy (non-hydrogen) atoms. The van der Waals surface area contributed by atoms with Crippen LogP contribution in [-0.2, 0) is 0 Å². The van der Waals surface area contributed by atoms with Crippen molar-refractivity contribution in [3.8, 4) is 17.5 Å². The third-order valence-electron chi connectivity index (χ3n) is 7.00. The highest BCUT2D eigenvalue weighted by Gasteiger charge is 2.29. The highest BCUT2D eigenvalue weighted by atomic mass is 19.3. The van der Waals surface area contributed by atoms with Gasteiger partial charge in [0, 0.05) is 23.6 Å². The Morgan fingerprint density at radius 3 is 2.52 bits per heavy atom. The number of hydrogen-bond donors (Lipinski definition) is 3. The number of aliphatic hydroxyl groups is 1. The Morgan fingerprint density at radius 2 is 1.88 bits per heavy atom. The van der Waals surface area contributed by atoms with Gasteiger partial charge in [-0.15, -0.1) is 5.10 Å². The van der Waals surface area contributed by atoms with Crippen molar-refractivity contribution in [2.24, 2.45) is 5.73 Å². The van der Waals surface area contributed by atoms with Crippen LogP contribution in [0.2, 0.25) is 0 Å². The molecule has 4 N–H and O–H groups in total. The zero-order valence-electron chi connectivity index (χ0n) is 23.3. The van der Waals surface area contributed by atoms with Gasteiger partial charge >= 0.3 is 6.55 Å². The molecule has 0 atom stereocenters. The van der Waals surface area contributed by atoms with Crippen molar-refractivity contribution >= 4 is 28.2 Å². The molecular formula is C28H32F2N6O6. The summed E-state index contributed by atoms with van der Waals surface area (Å²) in [6, 6.07) is 9.28. The number of hydrogen-bond acceptors (Lipinski definition) is 8. The number of nitrogens with one attached hydrogen (secondary N) is 1. The minimum Gasteiger partial charge on any atom is -0.491 e. The fraction of sp³-hybridized carbons (Fsp3) is 0.429. The maximum absolute atomic E-state index is 13.8. The van der Waals surface area contributed by atoms with Crippen LogP contribution in [0.15, 0.2) is 36.4 Å². The second-order valence-electron chi connectivity index (χ2n) is 10.8. The zero-order chi connectivity index (χ0) is 30.2. The first-order valence-electron chi connectivity index (χ1n) is 13.4. The molecule has 0 radical (unpaired) electrons. The summed E-state index contributed by atoms with van der Waals surface area (Å²) >= 11 is 0. The summed E-state index contributed by atoms with van der Waals surface area (Å²) in [5, 5.41) is 21.3. The van der Waals surface area contributed by atoms with E-state index in [1.807, 2.05) is 0 Å². The maximum Gasteiger partial charge on any atom is 0.333 e. The van der Waals surface area contributed by atoms with Crippen LogP contribution in [0.4, 0.5) is 8.78 Å². The summed E-state index contributed by atoms with van der Waals surface area (Å²) in [4.78, 5) is 25.4. The highest BCUT2D eigenvalue weighted by Crippen LogP contribution is 2.31. The third kappa shape index (κ3) is 5.93. The Balaban J connectivity index is 1.26. The number of carbonyl (C=O) groups excluding carboxylic acids is 2. The van der Waals surface area contributed by atoms with Crippen molar-refractivity contribution in [3.63, 3.8) is 0 Å². The molecule has 4 aromatic rings. The van der Waals surface area contributed by atoms with E-state index in [9.17, 15) is 23.5 Å². The number of fused-ring (bicyclic) bond motifs is 2. The number of rotatable bonds is 10. The lowest BCUT2D eigenvalue weighted by Crippen LogP contribution is -2.40. The quantitative estimate of drug-likeness (QED) is 0.255. The molecule has 1 fully saturated rings. The fourth-order valence-corrected chi connectivity index (χ4v) is 5.01. The Kier molecular flexibility index (Phi) is 7.91. The van der Waals surface area contributed by atoms with E-state index in [4.69, 9.17) is 19.9 Å². The van der Waals surface area contributed by atoms with Gasteiger partial charge in [0.05, 0.1) is 23.7 Å². The smallest absolute Gasteiger partial charge is 0.333 e. The number of amides is 2. The van der Waals surface area contributed by atoms with Crippen LogP contribution < -0.4 is 25.3 Å². The van der Waals surface area contributed by atoms with Gasteiger partial charge in [0.2, 0.25) is 11.8 Å². The average Bonchev–Trinajstić information content (AvgIpc) is 3.51. The Morgan fingerprint density at radius 1 is 1.14 bits per heavy atom. The molecule has 0 unspecified atom stereocenters. The van der Waals surface area contributed by atoms with Gasteiger partial charge in [0.25, 0.3) is 11.8 Å².